The minimum Gasteiger partial charge on any atom is -0.449 e. The second-order valence-electron chi connectivity index (χ2n) is 12.0. The molecule has 26 heteroatoms. The van der Waals surface area contributed by atoms with E-state index in [2.05, 4.69) is 0 Å². The molecule has 340 valence electrons. The highest BCUT2D eigenvalue weighted by molar-refractivity contribution is 5.82. The Morgan fingerprint density at radius 3 is 1.05 bits per heavy atom. The summed E-state index contributed by atoms with van der Waals surface area (Å²) < 4.78 is 155. The van der Waals surface area contributed by atoms with Gasteiger partial charge in [0.05, 0.1) is 13.2 Å². The van der Waals surface area contributed by atoms with Gasteiger partial charge in [-0.15, -0.1) is 0 Å². The topological polar surface area (TPSA) is 175 Å². The Morgan fingerprint density at radius 1 is 0.397 bits per heavy atom. The Kier molecular flexibility index (Phi) is 27.7. The Hall–Kier alpha value is -4.42. The molecule has 0 spiro atoms. The number of carbonyl (C=O) groups is 6. The van der Waals surface area contributed by atoms with Gasteiger partial charge in [-0.3, -0.25) is 19.2 Å². The molecule has 0 aliphatic carbocycles. The van der Waals surface area contributed by atoms with E-state index in [1.54, 1.807) is 21.3 Å². The summed E-state index contributed by atoms with van der Waals surface area (Å²) in [5.74, 6) is -8.32. The molecular weight excluding hydrogens is 824 g/mol. The first-order valence-corrected chi connectivity index (χ1v) is 18.0. The zero-order valence-electron chi connectivity index (χ0n) is 31.8. The van der Waals surface area contributed by atoms with Crippen molar-refractivity contribution in [2.24, 2.45) is 0 Å². The first kappa shape index (κ1) is 55.7. The summed E-state index contributed by atoms with van der Waals surface area (Å²) in [6.45, 7) is 2.71. The fraction of sp³-hybridized carbons (Fsp3) is 0.812. The van der Waals surface area contributed by atoms with Gasteiger partial charge in [0.15, 0.2) is 0 Å². The van der Waals surface area contributed by atoms with Crippen molar-refractivity contribution in [3.63, 3.8) is 0 Å². The van der Waals surface area contributed by atoms with Gasteiger partial charge in [0.1, 0.15) is 0 Å². The second-order valence-corrected chi connectivity index (χ2v) is 12.0. The Bertz CT molecular complexity index is 1240. The number of rotatable bonds is 24. The summed E-state index contributed by atoms with van der Waals surface area (Å²) in [5.41, 5.74) is 0. The lowest BCUT2D eigenvalue weighted by atomic mass is 10.2. The van der Waals surface area contributed by atoms with Crippen LogP contribution >= 0.6 is 0 Å². The third-order valence-electron chi connectivity index (χ3n) is 7.08. The summed E-state index contributed by atoms with van der Waals surface area (Å²) in [5, 5.41) is 6.72. The average Bonchev–Trinajstić information content (AvgIpc) is 3.11. The van der Waals surface area contributed by atoms with Crippen LogP contribution in [0.4, 0.5) is 62.3 Å². The van der Waals surface area contributed by atoms with Gasteiger partial charge in [0.2, 0.25) is 0 Å². The van der Waals surface area contributed by atoms with Crippen molar-refractivity contribution in [3.05, 3.63) is 0 Å². The molecule has 0 aliphatic rings. The van der Waals surface area contributed by atoms with Crippen LogP contribution in [-0.2, 0) is 28.7 Å². The maximum Gasteiger partial charge on any atom is 0.471 e. The van der Waals surface area contributed by atoms with Gasteiger partial charge >= 0.3 is 60.5 Å². The molecule has 0 unspecified atom stereocenters. The summed E-state index contributed by atoms with van der Waals surface area (Å²) in [7, 11) is 0. The van der Waals surface area contributed by atoms with E-state index in [0.29, 0.717) is 25.7 Å². The van der Waals surface area contributed by atoms with Gasteiger partial charge in [-0.1, -0.05) is 26.7 Å². The van der Waals surface area contributed by atoms with E-state index in [1.807, 2.05) is 13.8 Å². The third-order valence-corrected chi connectivity index (χ3v) is 7.08. The van der Waals surface area contributed by atoms with Crippen molar-refractivity contribution in [1.82, 2.24) is 31.1 Å². The number of ether oxygens (including phenoxy) is 2. The Balaban J connectivity index is 0. The number of unbranched alkanes of at least 4 members (excludes halogenated alkanes) is 5. The molecule has 0 fully saturated rings. The molecule has 0 aromatic heterocycles. The van der Waals surface area contributed by atoms with Crippen LogP contribution in [0.15, 0.2) is 0 Å². The summed E-state index contributed by atoms with van der Waals surface area (Å²) in [4.78, 5) is 69.2. The maximum absolute atomic E-state index is 12.2. The quantitative estimate of drug-likeness (QED) is 0.0726. The fourth-order valence-electron chi connectivity index (χ4n) is 3.99. The van der Waals surface area contributed by atoms with Crippen LogP contribution in [0, 0.1) is 0 Å². The van der Waals surface area contributed by atoms with Crippen molar-refractivity contribution in [2.75, 3.05) is 65.6 Å². The number of alkyl halides is 12. The molecule has 0 heterocycles. The molecule has 58 heavy (non-hydrogen) atoms. The van der Waals surface area contributed by atoms with Gasteiger partial charge in [-0.2, -0.15) is 52.7 Å². The van der Waals surface area contributed by atoms with Crippen LogP contribution in [0.3, 0.4) is 0 Å². The number of hydrogen-bond donors (Lipinski definition) is 4. The molecule has 0 saturated heterocycles. The van der Waals surface area contributed by atoms with Crippen molar-refractivity contribution in [1.29, 1.82) is 0 Å². The second kappa shape index (κ2) is 28.9. The van der Waals surface area contributed by atoms with Gasteiger partial charge in [0, 0.05) is 52.4 Å². The number of amides is 6. The van der Waals surface area contributed by atoms with E-state index in [0.717, 1.165) is 17.7 Å². The SMILES string of the molecule is CCCCOC(=O)N(CCCCCNC(=O)C(F)(F)F)CCNC(=O)C(F)(F)F.CCCCOC(=O)N(CCCCNC(=O)C(F)(F)F)CCCNC(=O)C(F)(F)F. The van der Waals surface area contributed by atoms with Crippen molar-refractivity contribution < 1.29 is 90.9 Å². The molecule has 0 aromatic rings. The van der Waals surface area contributed by atoms with Gasteiger partial charge < -0.3 is 40.5 Å². The van der Waals surface area contributed by atoms with Gasteiger partial charge in [0.25, 0.3) is 0 Å². The predicted molar refractivity (Wildman–Crippen MR) is 180 cm³/mol. The molecule has 4 N–H and O–H groups in total. The van der Waals surface area contributed by atoms with E-state index >= 15 is 0 Å². The number of hydrogen-bond acceptors (Lipinski definition) is 8. The zero-order chi connectivity index (χ0) is 45.0. The lowest BCUT2D eigenvalue weighted by molar-refractivity contribution is -0.173. The van der Waals surface area contributed by atoms with Crippen LogP contribution in [0.2, 0.25) is 0 Å². The minimum atomic E-state index is -5.03. The summed E-state index contributed by atoms with van der Waals surface area (Å²) in [6.07, 6.45) is -17.4. The van der Waals surface area contributed by atoms with Crippen molar-refractivity contribution in [2.45, 2.75) is 103 Å². The highest BCUT2D eigenvalue weighted by atomic mass is 19.4. The normalized spacial score (nSPS) is 11.7. The molecular formula is C32H50F12N6O8. The van der Waals surface area contributed by atoms with E-state index < -0.39 is 67.1 Å². The van der Waals surface area contributed by atoms with Crippen LogP contribution in [0.1, 0.15) is 78.1 Å². The molecule has 0 aliphatic heterocycles. The Morgan fingerprint density at radius 2 is 0.690 bits per heavy atom. The van der Waals surface area contributed by atoms with Crippen LogP contribution in [0.25, 0.3) is 0 Å². The molecule has 0 radical (unpaired) electrons. The highest BCUT2D eigenvalue weighted by Gasteiger charge is 2.40. The Labute approximate surface area is 326 Å². The average molecular weight is 875 g/mol. The molecule has 0 aromatic carbocycles. The number of nitrogens with one attached hydrogen (secondary N) is 4. The van der Waals surface area contributed by atoms with Gasteiger partial charge in [-0.05, 0) is 51.4 Å². The van der Waals surface area contributed by atoms with Crippen LogP contribution in [0.5, 0.6) is 0 Å². The third kappa shape index (κ3) is 28.9. The largest absolute Gasteiger partial charge is 0.471 e. The molecule has 0 rings (SSSR count). The minimum absolute atomic E-state index is 0.0159. The molecule has 6 amide bonds. The molecule has 0 atom stereocenters. The first-order valence-electron chi connectivity index (χ1n) is 18.0. The van der Waals surface area contributed by atoms with E-state index in [9.17, 15) is 81.5 Å². The maximum atomic E-state index is 12.2. The molecule has 0 saturated carbocycles. The lowest BCUT2D eigenvalue weighted by Crippen LogP contribution is -2.43. The van der Waals surface area contributed by atoms with E-state index in [1.165, 1.54) is 4.90 Å². The predicted octanol–water partition coefficient (Wildman–Crippen LogP) is 5.50. The number of halogens is 12. The number of nitrogens with zero attached hydrogens (tertiary/aromatic N) is 2. The summed E-state index contributed by atoms with van der Waals surface area (Å²) in [6, 6.07) is 0. The van der Waals surface area contributed by atoms with Crippen molar-refractivity contribution >= 4 is 35.8 Å². The van der Waals surface area contributed by atoms with Crippen molar-refractivity contribution in [3.8, 4) is 0 Å². The van der Waals surface area contributed by atoms with E-state index in [-0.39, 0.29) is 84.7 Å². The summed E-state index contributed by atoms with van der Waals surface area (Å²) >= 11 is 0. The highest BCUT2D eigenvalue weighted by Crippen LogP contribution is 2.16. The van der Waals surface area contributed by atoms with Crippen LogP contribution in [-0.4, -0.2) is 136 Å². The molecule has 0 bridgehead atoms. The van der Waals surface area contributed by atoms with Crippen LogP contribution < -0.4 is 21.3 Å². The zero-order valence-corrected chi connectivity index (χ0v) is 31.8. The number of carbonyl (C=O) groups excluding carboxylic acids is 6. The fourth-order valence-corrected chi connectivity index (χ4v) is 3.99. The lowest BCUT2D eigenvalue weighted by Gasteiger charge is -2.22. The first-order chi connectivity index (χ1) is 26.8. The molecule has 14 nitrogen and oxygen atoms in total. The monoisotopic (exact) mass is 874 g/mol. The smallest absolute Gasteiger partial charge is 0.449 e. The van der Waals surface area contributed by atoms with E-state index in [4.69, 9.17) is 9.47 Å². The standard InChI is InChI=1S/2C16H25F6N3O4/c1-2-3-11-29-14(28)25(10-6-8-24-13(27)16(20,21)22)9-5-4-7-23-12(26)15(17,18)19;1-2-3-11-29-14(28)25(10-8-24-13(27)16(20,21)22)9-6-4-5-7-23-12(26)15(17,18)19/h2*2-11H2,1H3,(H,23,26)(H,24,27). The van der Waals surface area contributed by atoms with Gasteiger partial charge in [-0.25, -0.2) is 9.59 Å².